The van der Waals surface area contributed by atoms with E-state index in [9.17, 15) is 5.11 Å². The molecule has 94 valence electrons. The molecular formula is C15H18N2O. The first kappa shape index (κ1) is 12.4. The van der Waals surface area contributed by atoms with E-state index < -0.39 is 0 Å². The van der Waals surface area contributed by atoms with Gasteiger partial charge in [0.1, 0.15) is 11.4 Å². The molecule has 18 heavy (non-hydrogen) atoms. The van der Waals surface area contributed by atoms with Crippen LogP contribution in [0.2, 0.25) is 0 Å². The Kier molecular flexibility index (Phi) is 3.51. The van der Waals surface area contributed by atoms with Gasteiger partial charge >= 0.3 is 0 Å². The molecule has 2 rings (SSSR count). The number of benzene rings is 1. The van der Waals surface area contributed by atoms with Crippen molar-refractivity contribution in [2.24, 2.45) is 0 Å². The molecule has 1 aromatic heterocycles. The van der Waals surface area contributed by atoms with Crippen LogP contribution in [-0.4, -0.2) is 17.1 Å². The van der Waals surface area contributed by atoms with Crippen LogP contribution in [0.3, 0.4) is 0 Å². The van der Waals surface area contributed by atoms with E-state index in [2.05, 4.69) is 28.9 Å². The van der Waals surface area contributed by atoms with Crippen LogP contribution in [0.4, 0.5) is 5.69 Å². The first-order valence-corrected chi connectivity index (χ1v) is 6.00. The largest absolute Gasteiger partial charge is 0.506 e. The van der Waals surface area contributed by atoms with Crippen molar-refractivity contribution in [3.8, 4) is 5.75 Å². The zero-order valence-electron chi connectivity index (χ0n) is 11.0. The van der Waals surface area contributed by atoms with Gasteiger partial charge in [0.05, 0.1) is 6.54 Å². The van der Waals surface area contributed by atoms with Gasteiger partial charge in [0.15, 0.2) is 0 Å². The second-order valence-corrected chi connectivity index (χ2v) is 4.56. The number of rotatable bonds is 3. The molecule has 0 unspecified atom stereocenters. The molecule has 0 spiro atoms. The van der Waals surface area contributed by atoms with E-state index >= 15 is 0 Å². The molecule has 0 fully saturated rings. The molecule has 0 saturated heterocycles. The second-order valence-electron chi connectivity index (χ2n) is 4.56. The summed E-state index contributed by atoms with van der Waals surface area (Å²) >= 11 is 0. The average Bonchev–Trinajstić information content (AvgIpc) is 2.34. The van der Waals surface area contributed by atoms with Crippen molar-refractivity contribution < 1.29 is 5.11 Å². The lowest BCUT2D eigenvalue weighted by molar-refractivity contribution is 0.463. The minimum absolute atomic E-state index is 0.251. The minimum atomic E-state index is 0.251. The van der Waals surface area contributed by atoms with E-state index in [4.69, 9.17) is 0 Å². The van der Waals surface area contributed by atoms with Crippen LogP contribution in [0.25, 0.3) is 0 Å². The van der Waals surface area contributed by atoms with Gasteiger partial charge in [0.2, 0.25) is 0 Å². The van der Waals surface area contributed by atoms with Gasteiger partial charge in [-0.1, -0.05) is 18.2 Å². The Hall–Kier alpha value is -2.03. The fraction of sp³-hybridized carbons (Fsp3) is 0.267. The van der Waals surface area contributed by atoms with Crippen LogP contribution in [-0.2, 0) is 6.54 Å². The van der Waals surface area contributed by atoms with Crippen LogP contribution < -0.4 is 4.90 Å². The van der Waals surface area contributed by atoms with Gasteiger partial charge in [-0.25, -0.2) is 0 Å². The molecule has 3 heteroatoms. The molecule has 0 aliphatic heterocycles. The van der Waals surface area contributed by atoms with Crippen molar-refractivity contribution in [2.75, 3.05) is 11.9 Å². The lowest BCUT2D eigenvalue weighted by Crippen LogP contribution is -2.18. The number of hydrogen-bond donors (Lipinski definition) is 1. The normalized spacial score (nSPS) is 10.4. The highest BCUT2D eigenvalue weighted by Crippen LogP contribution is 2.22. The van der Waals surface area contributed by atoms with Crippen molar-refractivity contribution in [3.05, 3.63) is 53.3 Å². The van der Waals surface area contributed by atoms with Crippen molar-refractivity contribution >= 4 is 5.69 Å². The fourth-order valence-corrected chi connectivity index (χ4v) is 2.02. The number of aryl methyl sites for hydroxylation is 2. The molecule has 0 radical (unpaired) electrons. The molecular weight excluding hydrogens is 224 g/mol. The summed E-state index contributed by atoms with van der Waals surface area (Å²) in [6.45, 7) is 4.60. The van der Waals surface area contributed by atoms with Crippen molar-refractivity contribution in [1.29, 1.82) is 0 Å². The summed E-state index contributed by atoms with van der Waals surface area (Å²) in [5, 5.41) is 9.81. The van der Waals surface area contributed by atoms with Crippen molar-refractivity contribution in [3.63, 3.8) is 0 Å². The minimum Gasteiger partial charge on any atom is -0.506 e. The van der Waals surface area contributed by atoms with Gasteiger partial charge < -0.3 is 10.0 Å². The summed E-state index contributed by atoms with van der Waals surface area (Å²) < 4.78 is 0. The van der Waals surface area contributed by atoms with E-state index in [1.807, 2.05) is 32.2 Å². The summed E-state index contributed by atoms with van der Waals surface area (Å²) in [6, 6.07) is 11.7. The van der Waals surface area contributed by atoms with E-state index in [1.54, 1.807) is 6.07 Å². The van der Waals surface area contributed by atoms with E-state index in [0.717, 1.165) is 11.4 Å². The van der Waals surface area contributed by atoms with Crippen LogP contribution in [0.5, 0.6) is 5.75 Å². The molecule has 1 heterocycles. The van der Waals surface area contributed by atoms with Crippen LogP contribution in [0, 0.1) is 13.8 Å². The van der Waals surface area contributed by atoms with E-state index in [-0.39, 0.29) is 5.75 Å². The SMILES string of the molecule is Cc1ccc(O)c(CN(C)c2ccccc2C)n1. The Morgan fingerprint density at radius 3 is 2.56 bits per heavy atom. The maximum atomic E-state index is 9.81. The number of aromatic nitrogens is 1. The van der Waals surface area contributed by atoms with Gasteiger partial charge in [0.25, 0.3) is 0 Å². The lowest BCUT2D eigenvalue weighted by atomic mass is 10.2. The van der Waals surface area contributed by atoms with Crippen molar-refractivity contribution in [1.82, 2.24) is 4.98 Å². The molecule has 2 aromatic rings. The monoisotopic (exact) mass is 242 g/mol. The molecule has 3 nitrogen and oxygen atoms in total. The zero-order chi connectivity index (χ0) is 13.1. The predicted molar refractivity (Wildman–Crippen MR) is 73.9 cm³/mol. The standard InChI is InChI=1S/C15H18N2O/c1-11-6-4-5-7-14(11)17(3)10-13-15(18)9-8-12(2)16-13/h4-9,18H,10H2,1-3H3. The number of pyridine rings is 1. The Morgan fingerprint density at radius 2 is 1.83 bits per heavy atom. The first-order valence-electron chi connectivity index (χ1n) is 6.00. The second kappa shape index (κ2) is 5.08. The van der Waals surface area contributed by atoms with Gasteiger partial charge in [-0.05, 0) is 37.6 Å². The Labute approximate surface area is 108 Å². The molecule has 0 atom stereocenters. The molecule has 1 aromatic carbocycles. The highest BCUT2D eigenvalue weighted by atomic mass is 16.3. The van der Waals surface area contributed by atoms with Gasteiger partial charge in [-0.15, -0.1) is 0 Å². The van der Waals surface area contributed by atoms with Crippen LogP contribution in [0.15, 0.2) is 36.4 Å². The van der Waals surface area contributed by atoms with Crippen molar-refractivity contribution in [2.45, 2.75) is 20.4 Å². The molecule has 0 amide bonds. The third-order valence-electron chi connectivity index (χ3n) is 3.00. The maximum Gasteiger partial charge on any atom is 0.138 e. The first-order chi connectivity index (χ1) is 8.58. The third kappa shape index (κ3) is 2.62. The highest BCUT2D eigenvalue weighted by molar-refractivity contribution is 5.52. The fourth-order valence-electron chi connectivity index (χ4n) is 2.02. The zero-order valence-corrected chi connectivity index (χ0v) is 11.0. The number of nitrogens with zero attached hydrogens (tertiary/aromatic N) is 2. The summed E-state index contributed by atoms with van der Waals surface area (Å²) in [6.07, 6.45) is 0. The third-order valence-corrected chi connectivity index (χ3v) is 3.00. The van der Waals surface area contributed by atoms with Gasteiger partial charge in [-0.2, -0.15) is 0 Å². The molecule has 0 saturated carbocycles. The summed E-state index contributed by atoms with van der Waals surface area (Å²) in [5.74, 6) is 0.251. The maximum absolute atomic E-state index is 9.81. The van der Waals surface area contributed by atoms with E-state index in [1.165, 1.54) is 5.56 Å². The van der Waals surface area contributed by atoms with Crippen LogP contribution >= 0.6 is 0 Å². The topological polar surface area (TPSA) is 36.4 Å². The number of hydrogen-bond acceptors (Lipinski definition) is 3. The average molecular weight is 242 g/mol. The molecule has 0 bridgehead atoms. The van der Waals surface area contributed by atoms with Gasteiger partial charge in [0, 0.05) is 18.4 Å². The summed E-state index contributed by atoms with van der Waals surface area (Å²) in [7, 11) is 2.01. The summed E-state index contributed by atoms with van der Waals surface area (Å²) in [5.41, 5.74) is 3.99. The smallest absolute Gasteiger partial charge is 0.138 e. The number of anilines is 1. The van der Waals surface area contributed by atoms with Crippen LogP contribution in [0.1, 0.15) is 17.0 Å². The molecule has 0 aliphatic carbocycles. The Bertz CT molecular complexity index is 552. The van der Waals surface area contributed by atoms with Gasteiger partial charge in [-0.3, -0.25) is 4.98 Å². The summed E-state index contributed by atoms with van der Waals surface area (Å²) in [4.78, 5) is 6.47. The quantitative estimate of drug-likeness (QED) is 0.898. The van der Waals surface area contributed by atoms with E-state index in [0.29, 0.717) is 12.2 Å². The number of para-hydroxylation sites is 1. The number of aromatic hydroxyl groups is 1. The molecule has 1 N–H and O–H groups in total. The highest BCUT2D eigenvalue weighted by Gasteiger charge is 2.09. The molecule has 0 aliphatic rings. The predicted octanol–water partition coefficient (Wildman–Crippen LogP) is 3.04. The Balaban J connectivity index is 2.24. The lowest BCUT2D eigenvalue weighted by Gasteiger charge is -2.21. The Morgan fingerprint density at radius 1 is 1.11 bits per heavy atom.